The molecule has 0 radical (unpaired) electrons. The quantitative estimate of drug-likeness (QED) is 0.740. The van der Waals surface area contributed by atoms with Crippen molar-refractivity contribution in [3.8, 4) is 0 Å². The normalized spacial score (nSPS) is 17.0. The summed E-state index contributed by atoms with van der Waals surface area (Å²) in [5, 5.41) is 3.18. The molecule has 8 heteroatoms. The maximum atomic E-state index is 12.5. The zero-order chi connectivity index (χ0) is 18.1. The number of aromatic nitrogens is 2. The van der Waals surface area contributed by atoms with Gasteiger partial charge in [0.05, 0.1) is 36.0 Å². The SMILES string of the molecule is O=C(Nc1ccc2nc[nH]c(=O)c2c1)[C@@H]1CC(=O)N(Cc2ccco2)C1. The van der Waals surface area contributed by atoms with Crippen molar-refractivity contribution < 1.29 is 14.0 Å². The Balaban J connectivity index is 1.46. The zero-order valence-corrected chi connectivity index (χ0v) is 13.8. The molecule has 0 saturated carbocycles. The van der Waals surface area contributed by atoms with Gasteiger partial charge in [0.2, 0.25) is 11.8 Å². The molecule has 1 saturated heterocycles. The smallest absolute Gasteiger partial charge is 0.258 e. The van der Waals surface area contributed by atoms with E-state index in [2.05, 4.69) is 15.3 Å². The monoisotopic (exact) mass is 352 g/mol. The van der Waals surface area contributed by atoms with Crippen molar-refractivity contribution in [3.63, 3.8) is 0 Å². The molecule has 0 aliphatic carbocycles. The molecule has 0 bridgehead atoms. The van der Waals surface area contributed by atoms with Crippen LogP contribution in [0.1, 0.15) is 12.2 Å². The van der Waals surface area contributed by atoms with E-state index in [0.717, 1.165) is 0 Å². The van der Waals surface area contributed by atoms with Gasteiger partial charge in [-0.05, 0) is 30.3 Å². The molecule has 132 valence electrons. The summed E-state index contributed by atoms with van der Waals surface area (Å²) in [5.41, 5.74) is 0.775. The Kier molecular flexibility index (Phi) is 4.00. The van der Waals surface area contributed by atoms with Gasteiger partial charge >= 0.3 is 0 Å². The molecule has 2 aromatic heterocycles. The van der Waals surface area contributed by atoms with Crippen molar-refractivity contribution in [1.29, 1.82) is 0 Å². The van der Waals surface area contributed by atoms with E-state index in [-0.39, 0.29) is 23.8 Å². The van der Waals surface area contributed by atoms with Gasteiger partial charge in [-0.1, -0.05) is 0 Å². The second-order valence-electron chi connectivity index (χ2n) is 6.21. The van der Waals surface area contributed by atoms with E-state index in [0.29, 0.717) is 35.4 Å². The number of anilines is 1. The largest absolute Gasteiger partial charge is 0.467 e. The molecule has 1 aliphatic rings. The third-order valence-corrected chi connectivity index (χ3v) is 4.42. The van der Waals surface area contributed by atoms with Gasteiger partial charge in [0.25, 0.3) is 5.56 Å². The number of amides is 2. The summed E-state index contributed by atoms with van der Waals surface area (Å²) in [7, 11) is 0. The molecule has 1 fully saturated rings. The van der Waals surface area contributed by atoms with Gasteiger partial charge in [-0.25, -0.2) is 4.98 Å². The summed E-state index contributed by atoms with van der Waals surface area (Å²) in [4.78, 5) is 44.7. The van der Waals surface area contributed by atoms with E-state index in [1.807, 2.05) is 0 Å². The summed E-state index contributed by atoms with van der Waals surface area (Å²) in [5.74, 6) is -0.0957. The molecule has 1 aromatic carbocycles. The van der Waals surface area contributed by atoms with Crippen LogP contribution in [0.2, 0.25) is 0 Å². The Labute approximate surface area is 147 Å². The number of nitrogens with zero attached hydrogens (tertiary/aromatic N) is 2. The van der Waals surface area contributed by atoms with Gasteiger partial charge < -0.3 is 19.6 Å². The third kappa shape index (κ3) is 3.08. The fourth-order valence-electron chi connectivity index (χ4n) is 3.08. The van der Waals surface area contributed by atoms with Crippen molar-refractivity contribution in [1.82, 2.24) is 14.9 Å². The van der Waals surface area contributed by atoms with E-state index in [9.17, 15) is 14.4 Å². The molecular formula is C18H16N4O4. The van der Waals surface area contributed by atoms with E-state index >= 15 is 0 Å². The number of benzene rings is 1. The first-order chi connectivity index (χ1) is 12.6. The molecule has 1 aliphatic heterocycles. The van der Waals surface area contributed by atoms with E-state index in [1.165, 1.54) is 6.33 Å². The van der Waals surface area contributed by atoms with E-state index in [1.54, 1.807) is 41.5 Å². The first kappa shape index (κ1) is 16.1. The number of rotatable bonds is 4. The molecule has 8 nitrogen and oxygen atoms in total. The maximum absolute atomic E-state index is 12.5. The van der Waals surface area contributed by atoms with Gasteiger partial charge in [0, 0.05) is 18.7 Å². The van der Waals surface area contributed by atoms with Crippen LogP contribution in [0.25, 0.3) is 10.9 Å². The van der Waals surface area contributed by atoms with E-state index < -0.39 is 5.92 Å². The Morgan fingerprint density at radius 2 is 2.23 bits per heavy atom. The Morgan fingerprint density at radius 1 is 1.35 bits per heavy atom. The average molecular weight is 352 g/mol. The molecule has 26 heavy (non-hydrogen) atoms. The first-order valence-electron chi connectivity index (χ1n) is 8.18. The van der Waals surface area contributed by atoms with Crippen molar-refractivity contribution in [2.24, 2.45) is 5.92 Å². The fraction of sp³-hybridized carbons (Fsp3) is 0.222. The lowest BCUT2D eigenvalue weighted by atomic mass is 10.1. The second-order valence-corrected chi connectivity index (χ2v) is 6.21. The van der Waals surface area contributed by atoms with Crippen molar-refractivity contribution in [3.05, 3.63) is 59.0 Å². The van der Waals surface area contributed by atoms with Crippen LogP contribution in [-0.2, 0) is 16.1 Å². The number of carbonyl (C=O) groups is 2. The predicted molar refractivity (Wildman–Crippen MR) is 93.2 cm³/mol. The number of hydrogen-bond donors (Lipinski definition) is 2. The summed E-state index contributed by atoms with van der Waals surface area (Å²) in [6, 6.07) is 8.49. The van der Waals surface area contributed by atoms with Crippen LogP contribution < -0.4 is 10.9 Å². The minimum Gasteiger partial charge on any atom is -0.467 e. The maximum Gasteiger partial charge on any atom is 0.258 e. The summed E-state index contributed by atoms with van der Waals surface area (Å²) >= 11 is 0. The van der Waals surface area contributed by atoms with Gasteiger partial charge in [0.15, 0.2) is 0 Å². The minimum atomic E-state index is -0.444. The molecule has 2 N–H and O–H groups in total. The third-order valence-electron chi connectivity index (χ3n) is 4.42. The van der Waals surface area contributed by atoms with Gasteiger partial charge in [-0.2, -0.15) is 0 Å². The first-order valence-corrected chi connectivity index (χ1v) is 8.18. The number of H-pyrrole nitrogens is 1. The van der Waals surface area contributed by atoms with E-state index in [4.69, 9.17) is 4.42 Å². The summed E-state index contributed by atoms with van der Waals surface area (Å²) in [6.07, 6.45) is 3.04. The molecule has 0 spiro atoms. The standard InChI is InChI=1S/C18H16N4O4/c23-16-6-11(8-22(16)9-13-2-1-5-26-13)17(24)21-12-3-4-15-14(7-12)18(25)20-10-19-15/h1-5,7,10-11H,6,8-9H2,(H,21,24)(H,19,20,25)/t11-/m1/s1. The van der Waals surface area contributed by atoms with Crippen molar-refractivity contribution in [2.75, 3.05) is 11.9 Å². The highest BCUT2D eigenvalue weighted by Crippen LogP contribution is 2.22. The molecule has 1 atom stereocenters. The van der Waals surface area contributed by atoms with Gasteiger partial charge in [0.1, 0.15) is 5.76 Å². The van der Waals surface area contributed by atoms with Crippen LogP contribution in [-0.4, -0.2) is 33.2 Å². The fourth-order valence-corrected chi connectivity index (χ4v) is 3.08. The minimum absolute atomic E-state index is 0.0827. The number of furan rings is 1. The highest BCUT2D eigenvalue weighted by Gasteiger charge is 2.34. The van der Waals surface area contributed by atoms with Crippen LogP contribution in [0, 0.1) is 5.92 Å². The lowest BCUT2D eigenvalue weighted by molar-refractivity contribution is -0.128. The number of likely N-dealkylation sites (tertiary alicyclic amines) is 1. The van der Waals surface area contributed by atoms with Crippen LogP contribution in [0.15, 0.2) is 52.1 Å². The Bertz CT molecular complexity index is 1030. The molecule has 3 heterocycles. The number of fused-ring (bicyclic) bond motifs is 1. The van der Waals surface area contributed by atoms with Crippen molar-refractivity contribution in [2.45, 2.75) is 13.0 Å². The van der Waals surface area contributed by atoms with Crippen LogP contribution in [0.5, 0.6) is 0 Å². The van der Waals surface area contributed by atoms with Crippen LogP contribution in [0.3, 0.4) is 0 Å². The Hall–Kier alpha value is -3.42. The molecule has 3 aromatic rings. The average Bonchev–Trinajstić information content (AvgIpc) is 3.26. The van der Waals surface area contributed by atoms with Crippen LogP contribution in [0.4, 0.5) is 5.69 Å². The molecule has 4 rings (SSSR count). The summed E-state index contributed by atoms with van der Waals surface area (Å²) < 4.78 is 5.25. The lowest BCUT2D eigenvalue weighted by Crippen LogP contribution is -2.27. The molecule has 2 amide bonds. The van der Waals surface area contributed by atoms with Crippen molar-refractivity contribution >= 4 is 28.4 Å². The number of aromatic amines is 1. The van der Waals surface area contributed by atoms with Gasteiger partial charge in [-0.15, -0.1) is 0 Å². The highest BCUT2D eigenvalue weighted by molar-refractivity contribution is 5.98. The topological polar surface area (TPSA) is 108 Å². The number of carbonyl (C=O) groups excluding carboxylic acids is 2. The zero-order valence-electron chi connectivity index (χ0n) is 13.8. The van der Waals surface area contributed by atoms with Crippen LogP contribution >= 0.6 is 0 Å². The number of hydrogen-bond acceptors (Lipinski definition) is 5. The molecule has 0 unspecified atom stereocenters. The second kappa shape index (κ2) is 6.47. The predicted octanol–water partition coefficient (Wildman–Crippen LogP) is 1.50. The summed E-state index contributed by atoms with van der Waals surface area (Å²) in [6.45, 7) is 0.688. The lowest BCUT2D eigenvalue weighted by Gasteiger charge is -2.15. The van der Waals surface area contributed by atoms with Gasteiger partial charge in [-0.3, -0.25) is 14.4 Å². The Morgan fingerprint density at radius 3 is 3.04 bits per heavy atom. The molecular weight excluding hydrogens is 336 g/mol. The highest BCUT2D eigenvalue weighted by atomic mass is 16.3. The number of nitrogens with one attached hydrogen (secondary N) is 2.